The van der Waals surface area contributed by atoms with Crippen molar-refractivity contribution in [1.82, 2.24) is 15.1 Å². The second-order valence-corrected chi connectivity index (χ2v) is 6.12. The van der Waals surface area contributed by atoms with Crippen molar-refractivity contribution in [1.29, 1.82) is 0 Å². The maximum Gasteiger partial charge on any atom is 0.416 e. The average Bonchev–Trinajstić information content (AvgIpc) is 2.65. The highest BCUT2D eigenvalue weighted by atomic mass is 19.4. The molecule has 0 atom stereocenters. The van der Waals surface area contributed by atoms with Gasteiger partial charge in [-0.1, -0.05) is 6.07 Å². The van der Waals surface area contributed by atoms with Gasteiger partial charge in [-0.15, -0.1) is 0 Å². The van der Waals surface area contributed by atoms with E-state index in [1.807, 2.05) is 0 Å². The van der Waals surface area contributed by atoms with Crippen LogP contribution >= 0.6 is 0 Å². The fourth-order valence-electron chi connectivity index (χ4n) is 2.53. The van der Waals surface area contributed by atoms with Crippen LogP contribution in [0.3, 0.4) is 0 Å². The van der Waals surface area contributed by atoms with Gasteiger partial charge in [-0.25, -0.2) is 4.68 Å². The first-order chi connectivity index (χ1) is 13.6. The van der Waals surface area contributed by atoms with Gasteiger partial charge in [0.1, 0.15) is 0 Å². The molecule has 29 heavy (non-hydrogen) atoms. The van der Waals surface area contributed by atoms with Crippen LogP contribution in [0.1, 0.15) is 41.5 Å². The summed E-state index contributed by atoms with van der Waals surface area (Å²) in [6.07, 6.45) is -4.13. The van der Waals surface area contributed by atoms with Gasteiger partial charge < -0.3 is 10.1 Å². The van der Waals surface area contributed by atoms with Crippen LogP contribution in [-0.4, -0.2) is 34.8 Å². The lowest BCUT2D eigenvalue weighted by Gasteiger charge is -2.13. The fourth-order valence-corrected chi connectivity index (χ4v) is 2.53. The van der Waals surface area contributed by atoms with Crippen LogP contribution in [0.15, 0.2) is 35.1 Å². The number of aromatic nitrogens is 2. The molecule has 0 radical (unpaired) electrons. The van der Waals surface area contributed by atoms with Crippen molar-refractivity contribution < 1.29 is 27.5 Å². The van der Waals surface area contributed by atoms with Gasteiger partial charge in [-0.3, -0.25) is 14.4 Å². The first-order valence-electron chi connectivity index (χ1n) is 8.86. The van der Waals surface area contributed by atoms with E-state index in [9.17, 15) is 27.6 Å². The van der Waals surface area contributed by atoms with Crippen LogP contribution in [0, 0.1) is 6.92 Å². The van der Waals surface area contributed by atoms with Crippen molar-refractivity contribution in [2.45, 2.75) is 32.9 Å². The van der Waals surface area contributed by atoms with Crippen molar-refractivity contribution in [3.05, 3.63) is 57.5 Å². The van der Waals surface area contributed by atoms with Gasteiger partial charge in [0.2, 0.25) is 5.43 Å². The first kappa shape index (κ1) is 22.1. The number of aryl methyl sites for hydroxylation is 1. The van der Waals surface area contributed by atoms with Gasteiger partial charge in [-0.2, -0.15) is 18.3 Å². The largest absolute Gasteiger partial charge is 0.466 e. The molecule has 0 aliphatic carbocycles. The minimum Gasteiger partial charge on any atom is -0.466 e. The van der Waals surface area contributed by atoms with Crippen LogP contribution in [-0.2, 0) is 15.7 Å². The molecule has 1 aromatic carbocycles. The zero-order valence-corrected chi connectivity index (χ0v) is 15.9. The lowest BCUT2D eigenvalue weighted by Crippen LogP contribution is -2.32. The Morgan fingerprint density at radius 3 is 2.62 bits per heavy atom. The fraction of sp³-hybridized carbons (Fsp3) is 0.368. The maximum absolute atomic E-state index is 13.0. The van der Waals surface area contributed by atoms with Crippen molar-refractivity contribution in [2.75, 3.05) is 13.2 Å². The second kappa shape index (κ2) is 9.35. The number of hydrogen-bond donors (Lipinski definition) is 1. The quantitative estimate of drug-likeness (QED) is 0.559. The molecule has 7 nitrogen and oxygen atoms in total. The van der Waals surface area contributed by atoms with E-state index in [-0.39, 0.29) is 31.0 Å². The third-order valence-corrected chi connectivity index (χ3v) is 3.89. The van der Waals surface area contributed by atoms with Crippen LogP contribution in [0.4, 0.5) is 13.2 Å². The summed E-state index contributed by atoms with van der Waals surface area (Å²) in [4.78, 5) is 35.7. The third kappa shape index (κ3) is 5.90. The number of nitrogens with zero attached hydrogens (tertiary/aromatic N) is 2. The number of ether oxygens (including phenoxy) is 1. The molecular weight excluding hydrogens is 391 g/mol. The number of halogens is 3. The molecular formula is C19H20F3N3O4. The summed E-state index contributed by atoms with van der Waals surface area (Å²) in [7, 11) is 0. The summed E-state index contributed by atoms with van der Waals surface area (Å²) in [6.45, 7) is 3.54. The van der Waals surface area contributed by atoms with Crippen molar-refractivity contribution in [3.8, 4) is 5.69 Å². The number of esters is 1. The molecule has 156 valence electrons. The summed E-state index contributed by atoms with van der Waals surface area (Å²) in [5, 5.41) is 6.41. The zero-order chi connectivity index (χ0) is 21.6. The Morgan fingerprint density at radius 1 is 1.24 bits per heavy atom. The predicted octanol–water partition coefficient (Wildman–Crippen LogP) is 2.63. The SMILES string of the molecule is CCOC(=O)CCCNC(=O)c1nn(-c2cccc(C(F)(F)F)c2)c(C)cc1=O. The summed E-state index contributed by atoms with van der Waals surface area (Å²) in [5.74, 6) is -1.18. The lowest BCUT2D eigenvalue weighted by atomic mass is 10.2. The molecule has 1 N–H and O–H groups in total. The normalized spacial score (nSPS) is 11.2. The van der Waals surface area contributed by atoms with Crippen LogP contribution in [0.2, 0.25) is 0 Å². The Hall–Kier alpha value is -3.17. The summed E-state index contributed by atoms with van der Waals surface area (Å²) in [6, 6.07) is 5.53. The van der Waals surface area contributed by atoms with Crippen LogP contribution in [0.5, 0.6) is 0 Å². The Balaban J connectivity index is 2.20. The molecule has 0 fully saturated rings. The van der Waals surface area contributed by atoms with Gasteiger partial charge in [0.15, 0.2) is 5.69 Å². The van der Waals surface area contributed by atoms with Gasteiger partial charge in [-0.05, 0) is 38.5 Å². The van der Waals surface area contributed by atoms with E-state index in [1.54, 1.807) is 6.92 Å². The Morgan fingerprint density at radius 2 is 1.97 bits per heavy atom. The van der Waals surface area contributed by atoms with Crippen molar-refractivity contribution in [3.63, 3.8) is 0 Å². The molecule has 2 aromatic rings. The van der Waals surface area contributed by atoms with Gasteiger partial charge in [0.05, 0.1) is 17.9 Å². The maximum atomic E-state index is 13.0. The van der Waals surface area contributed by atoms with E-state index in [2.05, 4.69) is 10.4 Å². The smallest absolute Gasteiger partial charge is 0.416 e. The Kier molecular flexibility index (Phi) is 7.13. The summed E-state index contributed by atoms with van der Waals surface area (Å²) >= 11 is 0. The number of benzene rings is 1. The van der Waals surface area contributed by atoms with Crippen molar-refractivity contribution in [2.24, 2.45) is 0 Å². The molecule has 1 aromatic heterocycles. The minimum absolute atomic E-state index is 0.0636. The Bertz CT molecular complexity index is 954. The predicted molar refractivity (Wildman–Crippen MR) is 97.8 cm³/mol. The van der Waals surface area contributed by atoms with E-state index in [4.69, 9.17) is 4.74 Å². The second-order valence-electron chi connectivity index (χ2n) is 6.12. The molecule has 2 rings (SSSR count). The monoisotopic (exact) mass is 411 g/mol. The first-order valence-corrected chi connectivity index (χ1v) is 8.86. The highest BCUT2D eigenvalue weighted by molar-refractivity contribution is 5.92. The molecule has 0 unspecified atom stereocenters. The highest BCUT2D eigenvalue weighted by Crippen LogP contribution is 2.30. The highest BCUT2D eigenvalue weighted by Gasteiger charge is 2.30. The lowest BCUT2D eigenvalue weighted by molar-refractivity contribution is -0.143. The molecule has 0 aliphatic rings. The number of hydrogen-bond acceptors (Lipinski definition) is 5. The molecule has 1 heterocycles. The standard InChI is InChI=1S/C19H20F3N3O4/c1-3-29-16(27)8-5-9-23-18(28)17-15(26)10-12(2)25(24-17)14-7-4-6-13(11-14)19(20,21)22/h4,6-7,10-11H,3,5,8-9H2,1-2H3,(H,23,28). The number of rotatable bonds is 7. The molecule has 0 saturated carbocycles. The number of carbonyl (C=O) groups excluding carboxylic acids is 2. The van der Waals surface area contributed by atoms with Crippen LogP contribution in [0.25, 0.3) is 5.69 Å². The molecule has 0 spiro atoms. The Labute approximate surface area is 164 Å². The zero-order valence-electron chi connectivity index (χ0n) is 15.9. The van der Waals surface area contributed by atoms with Gasteiger partial charge in [0.25, 0.3) is 5.91 Å². The summed E-state index contributed by atoms with van der Waals surface area (Å²) < 4.78 is 44.7. The molecule has 0 bridgehead atoms. The number of alkyl halides is 3. The minimum atomic E-state index is -4.54. The van der Waals surface area contributed by atoms with Gasteiger partial charge in [0, 0.05) is 24.7 Å². The number of amides is 1. The molecule has 0 aliphatic heterocycles. The van der Waals surface area contributed by atoms with E-state index >= 15 is 0 Å². The van der Waals surface area contributed by atoms with E-state index < -0.39 is 34.7 Å². The van der Waals surface area contributed by atoms with Crippen LogP contribution < -0.4 is 10.7 Å². The number of nitrogens with one attached hydrogen (secondary N) is 1. The third-order valence-electron chi connectivity index (χ3n) is 3.89. The average molecular weight is 411 g/mol. The van der Waals surface area contributed by atoms with E-state index in [0.29, 0.717) is 6.42 Å². The topological polar surface area (TPSA) is 90.3 Å². The van der Waals surface area contributed by atoms with Gasteiger partial charge >= 0.3 is 12.1 Å². The molecule has 1 amide bonds. The van der Waals surface area contributed by atoms with E-state index in [1.165, 1.54) is 19.1 Å². The van der Waals surface area contributed by atoms with Crippen molar-refractivity contribution >= 4 is 11.9 Å². The molecule has 0 saturated heterocycles. The molecule has 10 heteroatoms. The van der Waals surface area contributed by atoms with E-state index in [0.717, 1.165) is 22.9 Å². The number of carbonyl (C=O) groups is 2. The summed E-state index contributed by atoms with van der Waals surface area (Å²) in [5.41, 5.74) is -1.65.